The summed E-state index contributed by atoms with van der Waals surface area (Å²) in [5, 5.41) is 29.9. The number of fused-ring (bicyclic) bond motifs is 1. The first-order valence-corrected chi connectivity index (χ1v) is 10.0. The van der Waals surface area contributed by atoms with Gasteiger partial charge in [-0.15, -0.1) is 0 Å². The van der Waals surface area contributed by atoms with Crippen molar-refractivity contribution >= 4 is 22.9 Å². The maximum absolute atomic E-state index is 12.9. The van der Waals surface area contributed by atoms with Crippen molar-refractivity contribution in [2.45, 2.75) is 13.2 Å². The molecule has 0 aliphatic rings. The van der Waals surface area contributed by atoms with Gasteiger partial charge >= 0.3 is 12.1 Å². The molecule has 0 unspecified atom stereocenters. The van der Waals surface area contributed by atoms with Gasteiger partial charge < -0.3 is 14.9 Å². The number of ether oxygens (including phenoxy) is 1. The van der Waals surface area contributed by atoms with Crippen LogP contribution in [0.1, 0.15) is 11.1 Å². The molecule has 2 N–H and O–H groups in total. The quantitative estimate of drug-likeness (QED) is 0.415. The lowest BCUT2D eigenvalue weighted by Crippen LogP contribution is -2.37. The average molecular weight is 444 g/mol. The van der Waals surface area contributed by atoms with E-state index in [9.17, 15) is 19.8 Å². The van der Waals surface area contributed by atoms with Crippen LogP contribution in [0.3, 0.4) is 0 Å². The van der Waals surface area contributed by atoms with Gasteiger partial charge in [-0.1, -0.05) is 83.0 Å². The summed E-state index contributed by atoms with van der Waals surface area (Å²) >= 11 is 0. The van der Waals surface area contributed by atoms with E-state index in [0.717, 1.165) is 15.2 Å². The number of carbonyl (C=O) groups excluding carboxylic acids is 2. The number of hydrogen-bond acceptors (Lipinski definition) is 5. The van der Waals surface area contributed by atoms with Crippen LogP contribution in [0.5, 0.6) is 11.8 Å². The highest BCUT2D eigenvalue weighted by atomic mass is 16.5. The molecule has 9 nitrogen and oxygen atoms in total. The fourth-order valence-electron chi connectivity index (χ4n) is 3.29. The number of aromatic nitrogens is 1. The highest BCUT2D eigenvalue weighted by Gasteiger charge is 2.25. The van der Waals surface area contributed by atoms with E-state index in [-0.39, 0.29) is 24.9 Å². The number of urea groups is 1. The Balaban J connectivity index is 1.59. The summed E-state index contributed by atoms with van der Waals surface area (Å²) in [6.07, 6.45) is -1.04. The molecule has 166 valence electrons. The van der Waals surface area contributed by atoms with E-state index in [1.807, 2.05) is 12.1 Å². The SMILES string of the molecule is O=C(N=NC(=O)N(Cc1ccccc1)n1c(O)c2ccccc2c1O)OCc1ccccc1. The molecule has 0 aliphatic carbocycles. The van der Waals surface area contributed by atoms with Crippen LogP contribution in [-0.2, 0) is 17.9 Å². The third-order valence-electron chi connectivity index (χ3n) is 4.87. The zero-order chi connectivity index (χ0) is 23.2. The Labute approximate surface area is 188 Å². The second kappa shape index (κ2) is 9.65. The van der Waals surface area contributed by atoms with Crippen molar-refractivity contribution in [3.05, 3.63) is 96.1 Å². The fourth-order valence-corrected chi connectivity index (χ4v) is 3.29. The standard InChI is InChI=1S/C24H20N4O5/c29-21-19-13-7-8-14-20(19)22(30)28(21)27(15-17-9-3-1-4-10-17)23(31)25-26-24(32)33-16-18-11-5-2-6-12-18/h1-14,29-30H,15-16H2. The average Bonchev–Trinajstić information content (AvgIpc) is 3.11. The highest BCUT2D eigenvalue weighted by Crippen LogP contribution is 2.36. The van der Waals surface area contributed by atoms with Crippen molar-refractivity contribution in [3.8, 4) is 11.8 Å². The van der Waals surface area contributed by atoms with E-state index in [1.165, 1.54) is 0 Å². The van der Waals surface area contributed by atoms with E-state index >= 15 is 0 Å². The van der Waals surface area contributed by atoms with E-state index < -0.39 is 12.1 Å². The van der Waals surface area contributed by atoms with Crippen LogP contribution in [0.2, 0.25) is 0 Å². The number of nitrogens with zero attached hydrogens (tertiary/aromatic N) is 4. The fraction of sp³-hybridized carbons (Fsp3) is 0.0833. The summed E-state index contributed by atoms with van der Waals surface area (Å²) in [6, 6.07) is 23.5. The molecular weight excluding hydrogens is 424 g/mol. The zero-order valence-electron chi connectivity index (χ0n) is 17.4. The number of hydrogen-bond donors (Lipinski definition) is 2. The maximum Gasteiger partial charge on any atom is 0.452 e. The molecule has 9 heteroatoms. The molecule has 4 rings (SSSR count). The molecule has 1 heterocycles. The molecule has 4 aromatic rings. The molecule has 3 amide bonds. The van der Waals surface area contributed by atoms with Crippen molar-refractivity contribution < 1.29 is 24.5 Å². The second-order valence-corrected chi connectivity index (χ2v) is 7.07. The van der Waals surface area contributed by atoms with E-state index in [0.29, 0.717) is 16.3 Å². The zero-order valence-corrected chi connectivity index (χ0v) is 17.4. The smallest absolute Gasteiger partial charge is 0.452 e. The van der Waals surface area contributed by atoms with Gasteiger partial charge in [0.2, 0.25) is 11.8 Å². The van der Waals surface area contributed by atoms with E-state index in [2.05, 4.69) is 10.2 Å². The molecule has 0 spiro atoms. The topological polar surface area (TPSA) is 117 Å². The van der Waals surface area contributed by atoms with Gasteiger partial charge in [0, 0.05) is 10.8 Å². The Morgan fingerprint density at radius 2 is 1.27 bits per heavy atom. The van der Waals surface area contributed by atoms with Crippen LogP contribution < -0.4 is 5.01 Å². The van der Waals surface area contributed by atoms with Gasteiger partial charge in [0.25, 0.3) is 0 Å². The molecule has 0 saturated carbocycles. The van der Waals surface area contributed by atoms with Gasteiger partial charge in [0.05, 0.1) is 6.54 Å². The normalized spacial score (nSPS) is 11.0. The monoisotopic (exact) mass is 444 g/mol. The van der Waals surface area contributed by atoms with Crippen LogP contribution in [0.25, 0.3) is 10.8 Å². The minimum absolute atomic E-state index is 0.0226. The number of azo groups is 1. The molecule has 33 heavy (non-hydrogen) atoms. The van der Waals surface area contributed by atoms with Gasteiger partial charge in [-0.05, 0) is 23.3 Å². The predicted octanol–water partition coefficient (Wildman–Crippen LogP) is 5.10. The molecule has 1 aromatic heterocycles. The van der Waals surface area contributed by atoms with Gasteiger partial charge in [-0.3, -0.25) is 0 Å². The van der Waals surface area contributed by atoms with Crippen molar-refractivity contribution in [2.24, 2.45) is 10.2 Å². The van der Waals surface area contributed by atoms with Crippen LogP contribution >= 0.6 is 0 Å². The Morgan fingerprint density at radius 1 is 0.758 bits per heavy atom. The molecule has 0 atom stereocenters. The third-order valence-corrected chi connectivity index (χ3v) is 4.87. The van der Waals surface area contributed by atoms with Crippen molar-refractivity contribution in [1.82, 2.24) is 4.68 Å². The molecule has 0 aliphatic heterocycles. The lowest BCUT2D eigenvalue weighted by atomic mass is 10.2. The van der Waals surface area contributed by atoms with E-state index in [1.54, 1.807) is 72.8 Å². The van der Waals surface area contributed by atoms with Crippen LogP contribution in [0.4, 0.5) is 9.59 Å². The third kappa shape index (κ3) is 4.82. The summed E-state index contributed by atoms with van der Waals surface area (Å²) in [5.74, 6) is -0.705. The first-order chi connectivity index (χ1) is 16.0. The van der Waals surface area contributed by atoms with Crippen LogP contribution in [0.15, 0.2) is 95.2 Å². The molecule has 0 fully saturated rings. The van der Waals surface area contributed by atoms with Crippen LogP contribution in [0, 0.1) is 0 Å². The molecule has 0 bridgehead atoms. The lowest BCUT2D eigenvalue weighted by Gasteiger charge is -2.22. The van der Waals surface area contributed by atoms with Crippen molar-refractivity contribution in [1.29, 1.82) is 0 Å². The van der Waals surface area contributed by atoms with Gasteiger partial charge in [0.1, 0.15) is 6.61 Å². The first-order valence-electron chi connectivity index (χ1n) is 10.0. The van der Waals surface area contributed by atoms with Crippen molar-refractivity contribution in [3.63, 3.8) is 0 Å². The van der Waals surface area contributed by atoms with E-state index in [4.69, 9.17) is 4.74 Å². The number of amides is 3. The van der Waals surface area contributed by atoms with Crippen LogP contribution in [-0.4, -0.2) is 27.0 Å². The first kappa shape index (κ1) is 21.6. The number of carbonyl (C=O) groups is 2. The largest absolute Gasteiger partial charge is 0.493 e. The molecule has 3 aromatic carbocycles. The minimum atomic E-state index is -1.04. The summed E-state index contributed by atoms with van der Waals surface area (Å²) in [6.45, 7) is -0.0783. The number of aromatic hydroxyl groups is 2. The van der Waals surface area contributed by atoms with Gasteiger partial charge in [-0.2, -0.15) is 4.68 Å². The second-order valence-electron chi connectivity index (χ2n) is 7.07. The summed E-state index contributed by atoms with van der Waals surface area (Å²) in [7, 11) is 0. The maximum atomic E-state index is 12.9. The number of benzene rings is 3. The molecule has 0 saturated heterocycles. The Hall–Kier alpha value is -4.66. The predicted molar refractivity (Wildman–Crippen MR) is 121 cm³/mol. The van der Waals surface area contributed by atoms with Gasteiger partial charge in [0.15, 0.2) is 0 Å². The lowest BCUT2D eigenvalue weighted by molar-refractivity contribution is 0.148. The van der Waals surface area contributed by atoms with Crippen molar-refractivity contribution in [2.75, 3.05) is 5.01 Å². The Bertz CT molecular complexity index is 1260. The Morgan fingerprint density at radius 3 is 1.85 bits per heavy atom. The highest BCUT2D eigenvalue weighted by molar-refractivity contribution is 5.95. The summed E-state index contributed by atoms with van der Waals surface area (Å²) in [4.78, 5) is 24.9. The Kier molecular flexibility index (Phi) is 6.31. The number of rotatable bonds is 5. The summed E-state index contributed by atoms with van der Waals surface area (Å²) in [5.41, 5.74) is 1.45. The van der Waals surface area contributed by atoms with Gasteiger partial charge in [-0.25, -0.2) is 14.6 Å². The molecule has 0 radical (unpaired) electrons. The summed E-state index contributed by atoms with van der Waals surface area (Å²) < 4.78 is 5.94. The minimum Gasteiger partial charge on any atom is -0.493 e. The molecular formula is C24H20N4O5.